The summed E-state index contributed by atoms with van der Waals surface area (Å²) in [5, 5.41) is 9.88. The highest BCUT2D eigenvalue weighted by Gasteiger charge is 2.21. The van der Waals surface area contributed by atoms with Crippen LogP contribution >= 0.6 is 0 Å². The van der Waals surface area contributed by atoms with Crippen molar-refractivity contribution in [2.24, 2.45) is 0 Å². The van der Waals surface area contributed by atoms with Crippen LogP contribution in [-0.4, -0.2) is 59.6 Å². The predicted octanol–water partition coefficient (Wildman–Crippen LogP) is 1.26. The van der Waals surface area contributed by atoms with Gasteiger partial charge in [0.25, 0.3) is 0 Å². The van der Waals surface area contributed by atoms with E-state index in [9.17, 15) is 9.90 Å². The molecule has 0 aromatic rings. The van der Waals surface area contributed by atoms with E-state index in [4.69, 9.17) is 0 Å². The number of amides is 1. The zero-order chi connectivity index (χ0) is 13.5. The fourth-order valence-corrected chi connectivity index (χ4v) is 2.18. The highest BCUT2D eigenvalue weighted by Crippen LogP contribution is 2.06. The molecule has 1 heterocycles. The predicted molar refractivity (Wildman–Crippen MR) is 73.4 cm³/mol. The molecule has 0 saturated carbocycles. The maximum atomic E-state index is 11.3. The van der Waals surface area contributed by atoms with Crippen molar-refractivity contribution < 1.29 is 9.90 Å². The van der Waals surface area contributed by atoms with Gasteiger partial charge in [-0.3, -0.25) is 9.69 Å². The second-order valence-electron chi connectivity index (χ2n) is 5.11. The lowest BCUT2D eigenvalue weighted by Gasteiger charge is -2.20. The van der Waals surface area contributed by atoms with E-state index in [1.54, 1.807) is 11.8 Å². The second kappa shape index (κ2) is 7.54. The van der Waals surface area contributed by atoms with Gasteiger partial charge in [0, 0.05) is 39.6 Å². The highest BCUT2D eigenvalue weighted by atomic mass is 16.3. The number of β-amino-alcohol motifs (C(OH)–C–C–N with tert-alkyl or cyclic N) is 1. The first kappa shape index (κ1) is 15.2. The Morgan fingerprint density at radius 3 is 2.67 bits per heavy atom. The van der Waals surface area contributed by atoms with Gasteiger partial charge in [-0.25, -0.2) is 0 Å². The lowest BCUT2D eigenvalue weighted by molar-refractivity contribution is -0.129. The molecule has 18 heavy (non-hydrogen) atoms. The number of aliphatic hydroxyl groups excluding tert-OH is 1. The van der Waals surface area contributed by atoms with Crippen molar-refractivity contribution in [1.82, 2.24) is 9.80 Å². The van der Waals surface area contributed by atoms with Gasteiger partial charge in [0.15, 0.2) is 0 Å². The number of hydrogen-bond donors (Lipinski definition) is 1. The number of carbonyl (C=O) groups excluding carboxylic acids is 1. The monoisotopic (exact) mass is 254 g/mol. The molecule has 0 spiro atoms. The van der Waals surface area contributed by atoms with Crippen LogP contribution in [0.4, 0.5) is 0 Å². The van der Waals surface area contributed by atoms with Gasteiger partial charge in [0.1, 0.15) is 0 Å². The standard InChI is InChI=1S/C14H26N2O2/c1-4-12(2)6-5-7-15-8-9-16(13(3)17)11-14(18)10-15/h6,14,18H,4-5,7-11H2,1-3H3/b12-6+. The Labute approximate surface area is 110 Å². The van der Waals surface area contributed by atoms with Crippen molar-refractivity contribution in [3.63, 3.8) is 0 Å². The summed E-state index contributed by atoms with van der Waals surface area (Å²) >= 11 is 0. The Hall–Kier alpha value is -0.870. The quantitative estimate of drug-likeness (QED) is 0.768. The van der Waals surface area contributed by atoms with E-state index in [2.05, 4.69) is 24.8 Å². The van der Waals surface area contributed by atoms with Crippen molar-refractivity contribution in [2.45, 2.75) is 39.7 Å². The molecular formula is C14H26N2O2. The third-order valence-electron chi connectivity index (χ3n) is 3.53. The molecule has 4 heteroatoms. The lowest BCUT2D eigenvalue weighted by Crippen LogP contribution is -2.36. The van der Waals surface area contributed by atoms with Crippen LogP contribution in [0.15, 0.2) is 11.6 Å². The summed E-state index contributed by atoms with van der Waals surface area (Å²) in [6, 6.07) is 0. The molecule has 1 fully saturated rings. The summed E-state index contributed by atoms with van der Waals surface area (Å²) in [7, 11) is 0. The van der Waals surface area contributed by atoms with Crippen molar-refractivity contribution in [2.75, 3.05) is 32.7 Å². The Morgan fingerprint density at radius 1 is 1.33 bits per heavy atom. The average molecular weight is 254 g/mol. The van der Waals surface area contributed by atoms with Gasteiger partial charge >= 0.3 is 0 Å². The molecule has 1 rings (SSSR count). The summed E-state index contributed by atoms with van der Waals surface area (Å²) in [5.74, 6) is 0.0534. The molecule has 1 amide bonds. The topological polar surface area (TPSA) is 43.8 Å². The van der Waals surface area contributed by atoms with Crippen LogP contribution in [0.2, 0.25) is 0 Å². The number of nitrogens with zero attached hydrogens (tertiary/aromatic N) is 2. The summed E-state index contributed by atoms with van der Waals surface area (Å²) in [5.41, 5.74) is 1.41. The molecule has 1 saturated heterocycles. The second-order valence-corrected chi connectivity index (χ2v) is 5.11. The van der Waals surface area contributed by atoms with Crippen LogP contribution in [0.3, 0.4) is 0 Å². The first-order valence-electron chi connectivity index (χ1n) is 6.84. The molecule has 0 aromatic carbocycles. The van der Waals surface area contributed by atoms with Crippen molar-refractivity contribution in [1.29, 1.82) is 0 Å². The molecule has 4 nitrogen and oxygen atoms in total. The van der Waals surface area contributed by atoms with Crippen LogP contribution in [0, 0.1) is 0 Å². The van der Waals surface area contributed by atoms with Crippen LogP contribution in [0.1, 0.15) is 33.6 Å². The van der Waals surface area contributed by atoms with Crippen molar-refractivity contribution in [3.05, 3.63) is 11.6 Å². The number of rotatable bonds is 4. The molecule has 1 aliphatic rings. The average Bonchev–Trinajstić information content (AvgIpc) is 2.50. The van der Waals surface area contributed by atoms with E-state index in [0.717, 1.165) is 32.5 Å². The van der Waals surface area contributed by atoms with Gasteiger partial charge in [-0.15, -0.1) is 0 Å². The maximum Gasteiger partial charge on any atom is 0.219 e. The summed E-state index contributed by atoms with van der Waals surface area (Å²) < 4.78 is 0. The molecule has 104 valence electrons. The van der Waals surface area contributed by atoms with Crippen LogP contribution in [0.5, 0.6) is 0 Å². The molecule has 0 bridgehead atoms. The maximum absolute atomic E-state index is 11.3. The minimum absolute atomic E-state index is 0.0534. The third-order valence-corrected chi connectivity index (χ3v) is 3.53. The summed E-state index contributed by atoms with van der Waals surface area (Å²) in [6.07, 6.45) is 3.96. The first-order chi connectivity index (χ1) is 8.52. The largest absolute Gasteiger partial charge is 0.390 e. The van der Waals surface area contributed by atoms with E-state index in [0.29, 0.717) is 13.1 Å². The van der Waals surface area contributed by atoms with Gasteiger partial charge in [-0.05, 0) is 19.8 Å². The van der Waals surface area contributed by atoms with Crippen molar-refractivity contribution >= 4 is 5.91 Å². The highest BCUT2D eigenvalue weighted by molar-refractivity contribution is 5.73. The molecular weight excluding hydrogens is 228 g/mol. The molecule has 1 aliphatic heterocycles. The number of carbonyl (C=O) groups is 1. The number of hydrogen-bond acceptors (Lipinski definition) is 3. The van der Waals surface area contributed by atoms with Gasteiger partial charge in [-0.1, -0.05) is 18.6 Å². The summed E-state index contributed by atoms with van der Waals surface area (Å²) in [6.45, 7) is 9.55. The van der Waals surface area contributed by atoms with E-state index in [1.807, 2.05) is 0 Å². The molecule has 0 aliphatic carbocycles. The zero-order valence-electron chi connectivity index (χ0n) is 11.9. The SMILES string of the molecule is CC/C(C)=C/CCN1CCN(C(C)=O)CC(O)C1. The van der Waals surface area contributed by atoms with Crippen LogP contribution < -0.4 is 0 Å². The minimum Gasteiger partial charge on any atom is -0.390 e. The Kier molecular flexibility index (Phi) is 6.36. The smallest absolute Gasteiger partial charge is 0.219 e. The fraction of sp³-hybridized carbons (Fsp3) is 0.786. The number of aliphatic hydroxyl groups is 1. The summed E-state index contributed by atoms with van der Waals surface area (Å²) in [4.78, 5) is 15.3. The zero-order valence-corrected chi connectivity index (χ0v) is 11.9. The molecule has 1 unspecified atom stereocenters. The van der Waals surface area contributed by atoms with E-state index >= 15 is 0 Å². The van der Waals surface area contributed by atoms with Gasteiger partial charge in [0.2, 0.25) is 5.91 Å². The van der Waals surface area contributed by atoms with Crippen molar-refractivity contribution in [3.8, 4) is 0 Å². The van der Waals surface area contributed by atoms with E-state index in [1.165, 1.54) is 5.57 Å². The Balaban J connectivity index is 2.41. The first-order valence-corrected chi connectivity index (χ1v) is 6.84. The fourth-order valence-electron chi connectivity index (χ4n) is 2.18. The van der Waals surface area contributed by atoms with E-state index in [-0.39, 0.29) is 5.91 Å². The molecule has 0 aromatic heterocycles. The van der Waals surface area contributed by atoms with Gasteiger partial charge < -0.3 is 10.0 Å². The van der Waals surface area contributed by atoms with Gasteiger partial charge in [-0.2, -0.15) is 0 Å². The van der Waals surface area contributed by atoms with E-state index < -0.39 is 6.10 Å². The van der Waals surface area contributed by atoms with Gasteiger partial charge in [0.05, 0.1) is 6.10 Å². The minimum atomic E-state index is -0.423. The van der Waals surface area contributed by atoms with Crippen LogP contribution in [-0.2, 0) is 4.79 Å². The number of allylic oxidation sites excluding steroid dienone is 1. The lowest BCUT2D eigenvalue weighted by atomic mass is 10.2. The third kappa shape index (κ3) is 5.19. The molecule has 1 N–H and O–H groups in total. The Bertz CT molecular complexity index is 302. The van der Waals surface area contributed by atoms with Crippen LogP contribution in [0.25, 0.3) is 0 Å². The molecule has 1 atom stereocenters. The Morgan fingerprint density at radius 2 is 2.06 bits per heavy atom. The molecule has 0 radical (unpaired) electrons. The normalized spacial score (nSPS) is 23.0.